The van der Waals surface area contributed by atoms with Crippen LogP contribution in [0.4, 0.5) is 4.79 Å². The second-order valence-corrected chi connectivity index (χ2v) is 4.98. The summed E-state index contributed by atoms with van der Waals surface area (Å²) in [6, 6.07) is 4.31. The minimum absolute atomic E-state index is 0.115. The molecule has 1 atom stereocenters. The van der Waals surface area contributed by atoms with E-state index in [1.807, 2.05) is 0 Å². The summed E-state index contributed by atoms with van der Waals surface area (Å²) in [5, 5.41) is 2.58. The Kier molecular flexibility index (Phi) is 2.75. The van der Waals surface area contributed by atoms with Crippen LogP contribution in [-0.2, 0) is 15.1 Å². The number of hydrogen-bond acceptors (Lipinski definition) is 5. The first kappa shape index (κ1) is 13.2. The Labute approximate surface area is 119 Å². The van der Waals surface area contributed by atoms with Gasteiger partial charge in [0.25, 0.3) is 5.91 Å². The first-order valence-corrected chi connectivity index (χ1v) is 6.24. The highest BCUT2D eigenvalue weighted by Gasteiger charge is 2.49. The molecule has 110 valence electrons. The van der Waals surface area contributed by atoms with Gasteiger partial charge in [0.2, 0.25) is 12.7 Å². The number of benzene rings is 1. The second-order valence-electron chi connectivity index (χ2n) is 4.98. The molecule has 1 saturated heterocycles. The van der Waals surface area contributed by atoms with Crippen LogP contribution >= 0.6 is 0 Å². The number of urea groups is 1. The van der Waals surface area contributed by atoms with Crippen molar-refractivity contribution in [2.24, 2.45) is 5.73 Å². The maximum absolute atomic E-state index is 12.4. The molecule has 8 nitrogen and oxygen atoms in total. The number of nitrogens with one attached hydrogen (secondary N) is 1. The number of carbonyl (C=O) groups is 3. The van der Waals surface area contributed by atoms with Gasteiger partial charge in [0.1, 0.15) is 12.1 Å². The number of imide groups is 1. The van der Waals surface area contributed by atoms with Gasteiger partial charge >= 0.3 is 6.03 Å². The normalized spacial score (nSPS) is 23.4. The van der Waals surface area contributed by atoms with Crippen LogP contribution in [-0.4, -0.2) is 36.1 Å². The van der Waals surface area contributed by atoms with Gasteiger partial charge in [-0.25, -0.2) is 4.79 Å². The van der Waals surface area contributed by atoms with Gasteiger partial charge in [0, 0.05) is 0 Å². The molecule has 0 aliphatic carbocycles. The molecule has 1 aromatic rings. The molecule has 4 amide bonds. The van der Waals surface area contributed by atoms with Crippen molar-refractivity contribution >= 4 is 17.8 Å². The molecule has 0 unspecified atom stereocenters. The van der Waals surface area contributed by atoms with Crippen molar-refractivity contribution < 1.29 is 23.9 Å². The Morgan fingerprint density at radius 3 is 2.81 bits per heavy atom. The highest BCUT2D eigenvalue weighted by Crippen LogP contribution is 2.37. The van der Waals surface area contributed by atoms with Crippen molar-refractivity contribution in [1.29, 1.82) is 0 Å². The molecule has 2 aliphatic heterocycles. The largest absolute Gasteiger partial charge is 0.454 e. The van der Waals surface area contributed by atoms with Gasteiger partial charge in [-0.1, -0.05) is 6.07 Å². The van der Waals surface area contributed by atoms with E-state index in [4.69, 9.17) is 15.2 Å². The highest BCUT2D eigenvalue weighted by atomic mass is 16.7. The molecule has 0 bridgehead atoms. The van der Waals surface area contributed by atoms with E-state index in [9.17, 15) is 14.4 Å². The molecule has 3 N–H and O–H groups in total. The fourth-order valence-corrected chi connectivity index (χ4v) is 2.40. The van der Waals surface area contributed by atoms with Crippen molar-refractivity contribution in [3.05, 3.63) is 23.8 Å². The Bertz CT molecular complexity index is 659. The SMILES string of the molecule is C[C@]1(c2ccc3c(c2)OCO3)NC(=O)N(CC(N)=O)C1=O. The zero-order valence-electron chi connectivity index (χ0n) is 11.2. The summed E-state index contributed by atoms with van der Waals surface area (Å²) < 4.78 is 10.5. The molecule has 0 radical (unpaired) electrons. The van der Waals surface area contributed by atoms with E-state index in [1.165, 1.54) is 0 Å². The van der Waals surface area contributed by atoms with Crippen molar-refractivity contribution in [1.82, 2.24) is 10.2 Å². The number of ether oxygens (including phenoxy) is 2. The Balaban J connectivity index is 1.96. The van der Waals surface area contributed by atoms with Crippen LogP contribution in [0.1, 0.15) is 12.5 Å². The molecule has 1 aromatic carbocycles. The lowest BCUT2D eigenvalue weighted by Crippen LogP contribution is -2.42. The molecular formula is C13H13N3O5. The number of primary amides is 1. The van der Waals surface area contributed by atoms with Gasteiger partial charge in [0.15, 0.2) is 11.5 Å². The number of hydrogen-bond donors (Lipinski definition) is 2. The predicted octanol–water partition coefficient (Wildman–Crippen LogP) is -0.332. The maximum atomic E-state index is 12.4. The van der Waals surface area contributed by atoms with E-state index in [1.54, 1.807) is 25.1 Å². The van der Waals surface area contributed by atoms with Crippen LogP contribution in [0.25, 0.3) is 0 Å². The van der Waals surface area contributed by atoms with E-state index >= 15 is 0 Å². The number of nitrogens with zero attached hydrogens (tertiary/aromatic N) is 1. The molecule has 0 saturated carbocycles. The summed E-state index contributed by atoms with van der Waals surface area (Å²) in [4.78, 5) is 36.1. The van der Waals surface area contributed by atoms with Crippen molar-refractivity contribution in [2.75, 3.05) is 13.3 Å². The molecule has 1 fully saturated rings. The molecule has 3 rings (SSSR count). The molecule has 0 spiro atoms. The quantitative estimate of drug-likeness (QED) is 0.741. The Hall–Kier alpha value is -2.77. The summed E-state index contributed by atoms with van der Waals surface area (Å²) in [5.74, 6) is -0.212. The molecule has 2 heterocycles. The van der Waals surface area contributed by atoms with Gasteiger partial charge in [-0.05, 0) is 24.6 Å². The first-order chi connectivity index (χ1) is 9.91. The molecule has 21 heavy (non-hydrogen) atoms. The standard InChI is InChI=1S/C13H13N3O5/c1-13(7-2-3-8-9(4-7)21-6-20-8)11(18)16(5-10(14)17)12(19)15-13/h2-4H,5-6H2,1H3,(H2,14,17)(H,15,19)/t13-/m1/s1. The molecule has 2 aliphatic rings. The molecular weight excluding hydrogens is 278 g/mol. The first-order valence-electron chi connectivity index (χ1n) is 6.24. The minimum Gasteiger partial charge on any atom is -0.454 e. The highest BCUT2D eigenvalue weighted by molar-refractivity contribution is 6.09. The Morgan fingerprint density at radius 1 is 1.38 bits per heavy atom. The monoisotopic (exact) mass is 291 g/mol. The predicted molar refractivity (Wildman–Crippen MR) is 69.4 cm³/mol. The number of amides is 4. The van der Waals surface area contributed by atoms with Crippen LogP contribution < -0.4 is 20.5 Å². The van der Waals surface area contributed by atoms with Crippen molar-refractivity contribution in [3.63, 3.8) is 0 Å². The summed E-state index contributed by atoms with van der Waals surface area (Å²) in [6.07, 6.45) is 0. The van der Waals surface area contributed by atoms with Gasteiger partial charge in [-0.3, -0.25) is 14.5 Å². The fraction of sp³-hybridized carbons (Fsp3) is 0.308. The maximum Gasteiger partial charge on any atom is 0.325 e. The number of rotatable bonds is 3. The van der Waals surface area contributed by atoms with Gasteiger partial charge in [-0.15, -0.1) is 0 Å². The summed E-state index contributed by atoms with van der Waals surface area (Å²) in [5.41, 5.74) is 4.32. The molecule has 0 aromatic heterocycles. The summed E-state index contributed by atoms with van der Waals surface area (Å²) in [7, 11) is 0. The zero-order valence-corrected chi connectivity index (χ0v) is 11.2. The van der Waals surface area contributed by atoms with Crippen molar-refractivity contribution in [2.45, 2.75) is 12.5 Å². The van der Waals surface area contributed by atoms with Crippen LogP contribution in [0.3, 0.4) is 0 Å². The average Bonchev–Trinajstić information content (AvgIpc) is 2.97. The second kappa shape index (κ2) is 4.37. The van der Waals surface area contributed by atoms with E-state index in [0.717, 1.165) is 4.90 Å². The molecule has 8 heteroatoms. The third-order valence-corrected chi connectivity index (χ3v) is 3.54. The van der Waals surface area contributed by atoms with E-state index in [2.05, 4.69) is 5.32 Å². The summed E-state index contributed by atoms with van der Waals surface area (Å²) >= 11 is 0. The Morgan fingerprint density at radius 2 is 2.10 bits per heavy atom. The summed E-state index contributed by atoms with van der Waals surface area (Å²) in [6.45, 7) is 1.22. The number of carbonyl (C=O) groups excluding carboxylic acids is 3. The topological polar surface area (TPSA) is 111 Å². The van der Waals surface area contributed by atoms with Gasteiger partial charge in [-0.2, -0.15) is 0 Å². The van der Waals surface area contributed by atoms with E-state index in [0.29, 0.717) is 17.1 Å². The van der Waals surface area contributed by atoms with Crippen molar-refractivity contribution in [3.8, 4) is 11.5 Å². The van der Waals surface area contributed by atoms with Gasteiger partial charge < -0.3 is 20.5 Å². The lowest BCUT2D eigenvalue weighted by molar-refractivity contribution is -0.134. The number of fused-ring (bicyclic) bond motifs is 1. The zero-order chi connectivity index (χ0) is 15.2. The lowest BCUT2D eigenvalue weighted by atomic mass is 9.91. The third kappa shape index (κ3) is 1.95. The average molecular weight is 291 g/mol. The van der Waals surface area contributed by atoms with Crippen LogP contribution in [0.5, 0.6) is 11.5 Å². The third-order valence-electron chi connectivity index (χ3n) is 3.54. The fourth-order valence-electron chi connectivity index (χ4n) is 2.40. The van der Waals surface area contributed by atoms with Crippen LogP contribution in [0, 0.1) is 0 Å². The van der Waals surface area contributed by atoms with Crippen LogP contribution in [0.15, 0.2) is 18.2 Å². The lowest BCUT2D eigenvalue weighted by Gasteiger charge is -2.22. The number of nitrogens with two attached hydrogens (primary N) is 1. The minimum atomic E-state index is -1.27. The van der Waals surface area contributed by atoms with Gasteiger partial charge in [0.05, 0.1) is 0 Å². The van der Waals surface area contributed by atoms with Crippen LogP contribution in [0.2, 0.25) is 0 Å². The smallest absolute Gasteiger partial charge is 0.325 e. The van der Waals surface area contributed by atoms with E-state index in [-0.39, 0.29) is 6.79 Å². The van der Waals surface area contributed by atoms with E-state index < -0.39 is 29.9 Å².